The van der Waals surface area contributed by atoms with Crippen molar-refractivity contribution in [2.75, 3.05) is 28.6 Å². The van der Waals surface area contributed by atoms with E-state index in [1.807, 2.05) is 17.1 Å². The van der Waals surface area contributed by atoms with Gasteiger partial charge >= 0.3 is 0 Å². The molecule has 4 nitrogen and oxygen atoms in total. The zero-order valence-electron chi connectivity index (χ0n) is 13.2. The summed E-state index contributed by atoms with van der Waals surface area (Å²) in [5.41, 5.74) is 2.40. The van der Waals surface area contributed by atoms with E-state index in [9.17, 15) is 13.6 Å². The smallest absolute Gasteiger partial charge is 0.257 e. The minimum atomic E-state index is -0.421. The molecule has 0 atom stereocenters. The third kappa shape index (κ3) is 2.87. The Morgan fingerprint density at radius 1 is 1.08 bits per heavy atom. The molecule has 0 aromatic heterocycles. The summed E-state index contributed by atoms with van der Waals surface area (Å²) in [5.74, 6) is -1.08. The van der Waals surface area contributed by atoms with Crippen LogP contribution in [0.1, 0.15) is 5.56 Å². The minimum absolute atomic E-state index is 0.308. The molecule has 2 aliphatic rings. The van der Waals surface area contributed by atoms with Gasteiger partial charge in [-0.25, -0.2) is 8.78 Å². The molecular formula is C19H15F2N3O. The van der Waals surface area contributed by atoms with Crippen molar-refractivity contribution in [2.24, 2.45) is 0 Å². The van der Waals surface area contributed by atoms with E-state index in [4.69, 9.17) is 0 Å². The molecule has 0 bridgehead atoms. The van der Waals surface area contributed by atoms with Gasteiger partial charge in [-0.1, -0.05) is 12.2 Å². The molecule has 0 radical (unpaired) electrons. The molecule has 2 aliphatic heterocycles. The number of amides is 1. The van der Waals surface area contributed by atoms with Crippen molar-refractivity contribution in [1.82, 2.24) is 0 Å². The number of fused-ring (bicyclic) bond motifs is 1. The van der Waals surface area contributed by atoms with Crippen LogP contribution in [0.15, 0.2) is 54.8 Å². The quantitative estimate of drug-likeness (QED) is 0.661. The molecule has 0 unspecified atom stereocenters. The fourth-order valence-electron chi connectivity index (χ4n) is 2.99. The molecule has 2 N–H and O–H groups in total. The van der Waals surface area contributed by atoms with Crippen LogP contribution >= 0.6 is 0 Å². The fraction of sp³-hybridized carbons (Fsp3) is 0.105. The van der Waals surface area contributed by atoms with Gasteiger partial charge in [-0.05, 0) is 36.4 Å². The van der Waals surface area contributed by atoms with E-state index in [1.54, 1.807) is 12.1 Å². The monoisotopic (exact) mass is 339 g/mol. The Balaban J connectivity index is 1.57. The van der Waals surface area contributed by atoms with Crippen LogP contribution in [0, 0.1) is 11.6 Å². The number of nitrogens with one attached hydrogen (secondary N) is 2. The van der Waals surface area contributed by atoms with Crippen molar-refractivity contribution >= 4 is 28.5 Å². The predicted molar refractivity (Wildman–Crippen MR) is 94.4 cm³/mol. The Bertz CT molecular complexity index is 913. The molecule has 25 heavy (non-hydrogen) atoms. The third-order valence-corrected chi connectivity index (χ3v) is 4.25. The second-order valence-corrected chi connectivity index (χ2v) is 5.89. The highest BCUT2D eigenvalue weighted by molar-refractivity contribution is 6.31. The Morgan fingerprint density at radius 3 is 2.64 bits per heavy atom. The van der Waals surface area contributed by atoms with Gasteiger partial charge in [0.15, 0.2) is 0 Å². The number of nitrogens with zero attached hydrogens (tertiary/aromatic N) is 1. The molecule has 4 rings (SSSR count). The van der Waals surface area contributed by atoms with Crippen molar-refractivity contribution < 1.29 is 13.6 Å². The summed E-state index contributed by atoms with van der Waals surface area (Å²) in [6.07, 6.45) is 5.45. The third-order valence-electron chi connectivity index (χ3n) is 4.25. The summed E-state index contributed by atoms with van der Waals surface area (Å²) in [7, 11) is 0. The number of halogens is 2. The average molecular weight is 339 g/mol. The van der Waals surface area contributed by atoms with Crippen molar-refractivity contribution in [3.05, 3.63) is 71.9 Å². The second-order valence-electron chi connectivity index (χ2n) is 5.89. The van der Waals surface area contributed by atoms with Crippen LogP contribution in [-0.4, -0.2) is 19.0 Å². The Labute approximate surface area is 143 Å². The van der Waals surface area contributed by atoms with Crippen LogP contribution in [0.4, 0.5) is 25.8 Å². The highest BCUT2D eigenvalue weighted by Gasteiger charge is 2.24. The maximum absolute atomic E-state index is 14.3. The summed E-state index contributed by atoms with van der Waals surface area (Å²) in [6, 6.07) is 8.92. The Morgan fingerprint density at radius 2 is 1.88 bits per heavy atom. The van der Waals surface area contributed by atoms with E-state index in [2.05, 4.69) is 10.6 Å². The average Bonchev–Trinajstić information content (AvgIpc) is 3.21. The van der Waals surface area contributed by atoms with Gasteiger partial charge in [0.2, 0.25) is 0 Å². The first-order valence-corrected chi connectivity index (χ1v) is 7.89. The highest BCUT2D eigenvalue weighted by Crippen LogP contribution is 2.32. The second kappa shape index (κ2) is 6.05. The van der Waals surface area contributed by atoms with Crippen molar-refractivity contribution in [1.29, 1.82) is 0 Å². The molecule has 6 heteroatoms. The molecule has 1 amide bonds. The molecular weight excluding hydrogens is 324 g/mol. The van der Waals surface area contributed by atoms with E-state index >= 15 is 0 Å². The van der Waals surface area contributed by atoms with Crippen molar-refractivity contribution in [3.63, 3.8) is 0 Å². The van der Waals surface area contributed by atoms with E-state index in [0.29, 0.717) is 41.3 Å². The zero-order chi connectivity index (χ0) is 17.4. The maximum atomic E-state index is 14.3. The van der Waals surface area contributed by atoms with Gasteiger partial charge in [-0.3, -0.25) is 4.79 Å². The van der Waals surface area contributed by atoms with Gasteiger partial charge in [0.1, 0.15) is 11.6 Å². The summed E-state index contributed by atoms with van der Waals surface area (Å²) in [5, 5.41) is 5.58. The topological polar surface area (TPSA) is 44.4 Å². The lowest BCUT2D eigenvalue weighted by Gasteiger charge is -2.18. The highest BCUT2D eigenvalue weighted by atomic mass is 19.1. The molecule has 126 valence electrons. The van der Waals surface area contributed by atoms with Gasteiger partial charge in [0.05, 0.1) is 11.3 Å². The number of rotatable bonds is 3. The van der Waals surface area contributed by atoms with Crippen molar-refractivity contribution in [2.45, 2.75) is 0 Å². The summed E-state index contributed by atoms with van der Waals surface area (Å²) < 4.78 is 27.7. The van der Waals surface area contributed by atoms with Gasteiger partial charge in [-0.2, -0.15) is 0 Å². The van der Waals surface area contributed by atoms with E-state index in [0.717, 1.165) is 0 Å². The van der Waals surface area contributed by atoms with Gasteiger partial charge in [0.25, 0.3) is 5.91 Å². The molecule has 0 spiro atoms. The van der Waals surface area contributed by atoms with Crippen LogP contribution in [-0.2, 0) is 4.79 Å². The Hall–Kier alpha value is -3.15. The molecule has 0 aliphatic carbocycles. The molecule has 0 saturated carbocycles. The van der Waals surface area contributed by atoms with Gasteiger partial charge < -0.3 is 15.5 Å². The number of anilines is 3. The van der Waals surface area contributed by atoms with Crippen LogP contribution in [0.5, 0.6) is 0 Å². The van der Waals surface area contributed by atoms with Crippen LogP contribution < -0.4 is 15.5 Å². The number of hydrogen-bond donors (Lipinski definition) is 2. The van der Waals surface area contributed by atoms with Crippen molar-refractivity contribution in [3.8, 4) is 0 Å². The largest absolute Gasteiger partial charge is 0.362 e. The lowest BCUT2D eigenvalue weighted by atomic mass is 10.1. The first kappa shape index (κ1) is 15.4. The van der Waals surface area contributed by atoms with E-state index < -0.39 is 5.82 Å². The van der Waals surface area contributed by atoms with E-state index in [1.165, 1.54) is 30.5 Å². The summed E-state index contributed by atoms with van der Waals surface area (Å²) in [6.45, 7) is 1.38. The molecule has 2 heterocycles. The molecule has 0 fully saturated rings. The van der Waals surface area contributed by atoms with E-state index in [-0.39, 0.29) is 11.7 Å². The fourth-order valence-corrected chi connectivity index (χ4v) is 2.99. The normalized spacial score (nSPS) is 17.1. The molecule has 2 aromatic carbocycles. The van der Waals surface area contributed by atoms with Gasteiger partial charge in [0, 0.05) is 36.2 Å². The lowest BCUT2D eigenvalue weighted by Crippen LogP contribution is -2.19. The minimum Gasteiger partial charge on any atom is -0.362 e. The number of carbonyl (C=O) groups is 1. The predicted octanol–water partition coefficient (Wildman–Crippen LogP) is 3.75. The Kier molecular flexibility index (Phi) is 3.72. The first-order valence-electron chi connectivity index (χ1n) is 7.89. The molecule has 0 saturated heterocycles. The van der Waals surface area contributed by atoms with Crippen LogP contribution in [0.2, 0.25) is 0 Å². The summed E-state index contributed by atoms with van der Waals surface area (Å²) >= 11 is 0. The first-order chi connectivity index (χ1) is 12.1. The number of hydrogen-bond acceptors (Lipinski definition) is 3. The maximum Gasteiger partial charge on any atom is 0.257 e. The standard InChI is InChI=1S/C19H15F2N3O/c20-12-3-5-17-14(9-12)15(19(25)23-17)11-22-13-4-6-18(16(21)10-13)24-7-1-2-8-24/h1-6,9-11,22H,7-8H2,(H,23,25). The number of carbonyl (C=O) groups excluding carboxylic acids is 1. The summed E-state index contributed by atoms with van der Waals surface area (Å²) in [4.78, 5) is 13.9. The van der Waals surface area contributed by atoms with Crippen LogP contribution in [0.25, 0.3) is 5.57 Å². The lowest BCUT2D eigenvalue weighted by molar-refractivity contribution is -0.110. The van der Waals surface area contributed by atoms with Crippen LogP contribution in [0.3, 0.4) is 0 Å². The molecule has 2 aromatic rings. The number of benzene rings is 2. The van der Waals surface area contributed by atoms with Gasteiger partial charge in [-0.15, -0.1) is 0 Å². The SMILES string of the molecule is O=C1Nc2ccc(F)cc2C1=CNc1ccc(N2CC=CC2)c(F)c1. The zero-order valence-corrected chi connectivity index (χ0v) is 13.2.